The van der Waals surface area contributed by atoms with Crippen LogP contribution in [0, 0.1) is 17.2 Å². The lowest BCUT2D eigenvalue weighted by molar-refractivity contribution is 0.0935. The first-order chi connectivity index (χ1) is 10.5. The lowest BCUT2D eigenvalue weighted by Crippen LogP contribution is -2.39. The molecule has 0 spiro atoms. The highest BCUT2D eigenvalue weighted by atomic mass is 32.2. The van der Waals surface area contributed by atoms with Crippen LogP contribution in [0.5, 0.6) is 0 Å². The maximum Gasteiger partial charge on any atom is 0.179 e. The van der Waals surface area contributed by atoms with E-state index in [1.165, 1.54) is 12.1 Å². The van der Waals surface area contributed by atoms with Crippen molar-refractivity contribution in [2.24, 2.45) is 5.92 Å². The van der Waals surface area contributed by atoms with Gasteiger partial charge in [-0.3, -0.25) is 0 Å². The number of sulfone groups is 1. The fraction of sp³-hybridized carbons (Fsp3) is 0.562. The molecule has 5 nitrogen and oxygen atoms in total. The standard InChI is InChI=1S/C16H22N2O3S/c1-21-13-15-3-2-8-18(12-15)9-10-22(19,20)16-6-4-14(11-17)5-7-16/h4-7,15H,2-3,8-10,12-13H2,1H3/t15-/m0/s1. The highest BCUT2D eigenvalue weighted by molar-refractivity contribution is 7.91. The normalized spacial score (nSPS) is 19.7. The van der Waals surface area contributed by atoms with Crippen LogP contribution in [-0.2, 0) is 14.6 Å². The van der Waals surface area contributed by atoms with Crippen LogP contribution in [0.3, 0.4) is 0 Å². The third-order valence-electron chi connectivity index (χ3n) is 4.02. The molecule has 22 heavy (non-hydrogen) atoms. The molecule has 1 atom stereocenters. The predicted molar refractivity (Wildman–Crippen MR) is 84.2 cm³/mol. The molecule has 1 aliphatic heterocycles. The SMILES string of the molecule is COC[C@H]1CCCN(CCS(=O)(=O)c2ccc(C#N)cc2)C1. The van der Waals surface area contributed by atoms with Crippen molar-refractivity contribution in [2.45, 2.75) is 17.7 Å². The Hall–Kier alpha value is -1.42. The molecule has 0 bridgehead atoms. The van der Waals surface area contributed by atoms with Gasteiger partial charge in [0.25, 0.3) is 0 Å². The Morgan fingerprint density at radius 1 is 1.36 bits per heavy atom. The van der Waals surface area contributed by atoms with Gasteiger partial charge in [-0.15, -0.1) is 0 Å². The van der Waals surface area contributed by atoms with Gasteiger partial charge in [0.2, 0.25) is 0 Å². The molecule has 1 aromatic rings. The molecule has 2 rings (SSSR count). The Labute approximate surface area is 132 Å². The maximum atomic E-state index is 12.3. The summed E-state index contributed by atoms with van der Waals surface area (Å²) in [6.45, 7) is 3.13. The van der Waals surface area contributed by atoms with E-state index in [-0.39, 0.29) is 10.6 Å². The summed E-state index contributed by atoms with van der Waals surface area (Å²) in [6, 6.07) is 8.10. The minimum Gasteiger partial charge on any atom is -0.384 e. The minimum absolute atomic E-state index is 0.110. The Bertz CT molecular complexity index is 618. The molecular formula is C16H22N2O3S. The summed E-state index contributed by atoms with van der Waals surface area (Å²) in [4.78, 5) is 2.49. The van der Waals surface area contributed by atoms with Gasteiger partial charge in [0.1, 0.15) is 0 Å². The number of rotatable bonds is 6. The smallest absolute Gasteiger partial charge is 0.179 e. The van der Waals surface area contributed by atoms with Gasteiger partial charge in [-0.2, -0.15) is 5.26 Å². The van der Waals surface area contributed by atoms with E-state index < -0.39 is 9.84 Å². The monoisotopic (exact) mass is 322 g/mol. The first-order valence-corrected chi connectivity index (χ1v) is 9.14. The van der Waals surface area contributed by atoms with E-state index in [9.17, 15) is 8.42 Å². The number of likely N-dealkylation sites (tertiary alicyclic amines) is 1. The molecule has 1 aliphatic rings. The average Bonchev–Trinajstić information content (AvgIpc) is 2.54. The largest absolute Gasteiger partial charge is 0.384 e. The van der Waals surface area contributed by atoms with Crippen LogP contribution in [0.1, 0.15) is 18.4 Å². The second kappa shape index (κ2) is 7.73. The maximum absolute atomic E-state index is 12.3. The van der Waals surface area contributed by atoms with E-state index in [1.807, 2.05) is 6.07 Å². The molecule has 0 saturated carbocycles. The summed E-state index contributed by atoms with van der Waals surface area (Å²) in [5, 5.41) is 8.76. The third kappa shape index (κ3) is 4.54. The third-order valence-corrected chi connectivity index (χ3v) is 5.73. The van der Waals surface area contributed by atoms with E-state index in [0.29, 0.717) is 18.0 Å². The zero-order chi connectivity index (χ0) is 16.0. The molecule has 1 aromatic carbocycles. The van der Waals surface area contributed by atoms with E-state index in [0.717, 1.165) is 32.5 Å². The van der Waals surface area contributed by atoms with Crippen LogP contribution in [0.4, 0.5) is 0 Å². The molecule has 1 saturated heterocycles. The van der Waals surface area contributed by atoms with Crippen LogP contribution in [0.25, 0.3) is 0 Å². The van der Waals surface area contributed by atoms with E-state index in [1.54, 1.807) is 19.2 Å². The van der Waals surface area contributed by atoms with E-state index >= 15 is 0 Å². The number of piperidine rings is 1. The number of benzene rings is 1. The molecule has 0 aromatic heterocycles. The molecule has 1 fully saturated rings. The number of hydrogen-bond donors (Lipinski definition) is 0. The van der Waals surface area contributed by atoms with Crippen molar-refractivity contribution >= 4 is 9.84 Å². The summed E-state index contributed by atoms with van der Waals surface area (Å²) in [6.07, 6.45) is 2.23. The van der Waals surface area contributed by atoms with Gasteiger partial charge in [-0.25, -0.2) is 8.42 Å². The van der Waals surface area contributed by atoms with Crippen molar-refractivity contribution in [3.63, 3.8) is 0 Å². The van der Waals surface area contributed by atoms with E-state index in [2.05, 4.69) is 4.90 Å². The lowest BCUT2D eigenvalue weighted by atomic mass is 9.99. The summed E-state index contributed by atoms with van der Waals surface area (Å²) in [5.41, 5.74) is 0.470. The Balaban J connectivity index is 1.93. The van der Waals surface area contributed by atoms with Gasteiger partial charge in [0, 0.05) is 20.2 Å². The number of hydrogen-bond acceptors (Lipinski definition) is 5. The molecule has 1 heterocycles. The van der Waals surface area contributed by atoms with Crippen molar-refractivity contribution in [3.8, 4) is 6.07 Å². The van der Waals surface area contributed by atoms with Crippen molar-refractivity contribution in [3.05, 3.63) is 29.8 Å². The predicted octanol–water partition coefficient (Wildman–Crippen LogP) is 1.69. The van der Waals surface area contributed by atoms with Crippen LogP contribution in [-0.4, -0.2) is 52.4 Å². The minimum atomic E-state index is -3.30. The van der Waals surface area contributed by atoms with Gasteiger partial charge >= 0.3 is 0 Å². The molecule has 0 amide bonds. The van der Waals surface area contributed by atoms with Crippen LogP contribution in [0.2, 0.25) is 0 Å². The van der Waals surface area contributed by atoms with Crippen molar-refractivity contribution < 1.29 is 13.2 Å². The molecule has 0 N–H and O–H groups in total. The molecular weight excluding hydrogens is 300 g/mol. The molecule has 6 heteroatoms. The zero-order valence-electron chi connectivity index (χ0n) is 12.9. The highest BCUT2D eigenvalue weighted by Gasteiger charge is 2.22. The Morgan fingerprint density at radius 2 is 2.09 bits per heavy atom. The summed E-state index contributed by atoms with van der Waals surface area (Å²) in [5.74, 6) is 0.606. The topological polar surface area (TPSA) is 70.4 Å². The lowest BCUT2D eigenvalue weighted by Gasteiger charge is -2.32. The zero-order valence-corrected chi connectivity index (χ0v) is 13.7. The summed E-state index contributed by atoms with van der Waals surface area (Å²) < 4.78 is 29.9. The van der Waals surface area contributed by atoms with Gasteiger partial charge < -0.3 is 9.64 Å². The number of ether oxygens (including phenoxy) is 1. The number of nitrogens with zero attached hydrogens (tertiary/aromatic N) is 2. The Kier molecular flexibility index (Phi) is 5.95. The number of methoxy groups -OCH3 is 1. The molecule has 0 unspecified atom stereocenters. The van der Waals surface area contributed by atoms with Crippen molar-refractivity contribution in [2.75, 3.05) is 39.1 Å². The molecule has 0 radical (unpaired) electrons. The van der Waals surface area contributed by atoms with Crippen LogP contribution in [0.15, 0.2) is 29.2 Å². The Morgan fingerprint density at radius 3 is 2.73 bits per heavy atom. The van der Waals surface area contributed by atoms with Gasteiger partial charge in [-0.1, -0.05) is 0 Å². The number of nitriles is 1. The van der Waals surface area contributed by atoms with Crippen LogP contribution >= 0.6 is 0 Å². The fourth-order valence-electron chi connectivity index (χ4n) is 2.83. The van der Waals surface area contributed by atoms with Gasteiger partial charge in [0.15, 0.2) is 9.84 Å². The first kappa shape index (κ1) is 16.9. The van der Waals surface area contributed by atoms with Crippen molar-refractivity contribution in [1.82, 2.24) is 4.90 Å². The van der Waals surface area contributed by atoms with Gasteiger partial charge in [-0.05, 0) is 49.6 Å². The second-order valence-electron chi connectivity index (χ2n) is 5.72. The average molecular weight is 322 g/mol. The van der Waals surface area contributed by atoms with Crippen LogP contribution < -0.4 is 0 Å². The van der Waals surface area contributed by atoms with Crippen molar-refractivity contribution in [1.29, 1.82) is 5.26 Å². The summed E-state index contributed by atoms with van der Waals surface area (Å²) >= 11 is 0. The van der Waals surface area contributed by atoms with Gasteiger partial charge in [0.05, 0.1) is 28.9 Å². The fourth-order valence-corrected chi connectivity index (χ4v) is 4.12. The second-order valence-corrected chi connectivity index (χ2v) is 7.83. The highest BCUT2D eigenvalue weighted by Crippen LogP contribution is 2.18. The van der Waals surface area contributed by atoms with E-state index in [4.69, 9.17) is 10.00 Å². The first-order valence-electron chi connectivity index (χ1n) is 7.49. The molecule has 0 aliphatic carbocycles. The quantitative estimate of drug-likeness (QED) is 0.797. The summed E-state index contributed by atoms with van der Waals surface area (Å²) in [7, 11) is -1.59. The molecule has 120 valence electrons.